The number of nitrogens with zero attached hydrogens (tertiary/aromatic N) is 1. The van der Waals surface area contributed by atoms with Gasteiger partial charge in [-0.25, -0.2) is 0 Å². The Kier molecular flexibility index (Phi) is 2.05. The topological polar surface area (TPSA) is 36.2 Å². The second-order valence-electron chi connectivity index (χ2n) is 1.94. The highest BCUT2D eigenvalue weighted by molar-refractivity contribution is 5.96. The molecule has 0 heterocycles. The molecular formula is C8H9N2. The fourth-order valence-corrected chi connectivity index (χ4v) is 0.725. The van der Waals surface area contributed by atoms with Gasteiger partial charge in [-0.05, 0) is 0 Å². The van der Waals surface area contributed by atoms with Gasteiger partial charge in [0, 0.05) is 12.6 Å². The van der Waals surface area contributed by atoms with Gasteiger partial charge in [0.1, 0.15) is 5.84 Å². The Morgan fingerprint density at radius 2 is 1.90 bits per heavy atom. The maximum atomic E-state index is 7.31. The van der Waals surface area contributed by atoms with E-state index in [1.165, 1.54) is 0 Å². The zero-order valence-electron chi connectivity index (χ0n) is 5.83. The van der Waals surface area contributed by atoms with Crippen LogP contribution >= 0.6 is 0 Å². The molecule has 0 bridgehead atoms. The molecular weight excluding hydrogens is 124 g/mol. The predicted molar refractivity (Wildman–Crippen MR) is 42.0 cm³/mol. The molecule has 51 valence electrons. The summed E-state index contributed by atoms with van der Waals surface area (Å²) in [5.74, 6) is 0.334. The third-order valence-electron chi connectivity index (χ3n) is 1.27. The van der Waals surface area contributed by atoms with E-state index in [9.17, 15) is 0 Å². The van der Waals surface area contributed by atoms with Gasteiger partial charge in [0.05, 0.1) is 0 Å². The van der Waals surface area contributed by atoms with Crippen molar-refractivity contribution in [2.24, 2.45) is 4.99 Å². The molecule has 1 rings (SSSR count). The van der Waals surface area contributed by atoms with Gasteiger partial charge in [0.15, 0.2) is 0 Å². The van der Waals surface area contributed by atoms with Crippen molar-refractivity contribution in [3.63, 3.8) is 0 Å². The maximum absolute atomic E-state index is 7.31. The molecule has 0 amide bonds. The van der Waals surface area contributed by atoms with Gasteiger partial charge in [0.2, 0.25) is 0 Å². The summed E-state index contributed by atoms with van der Waals surface area (Å²) in [6.45, 7) is 0. The van der Waals surface area contributed by atoms with E-state index in [-0.39, 0.29) is 0 Å². The van der Waals surface area contributed by atoms with Gasteiger partial charge in [0.25, 0.3) is 0 Å². The lowest BCUT2D eigenvalue weighted by Gasteiger charge is -1.94. The zero-order valence-corrected chi connectivity index (χ0v) is 5.83. The van der Waals surface area contributed by atoms with Crippen LogP contribution in [0.3, 0.4) is 0 Å². The van der Waals surface area contributed by atoms with E-state index in [2.05, 4.69) is 4.99 Å². The normalized spacial score (nSPS) is 11.5. The lowest BCUT2D eigenvalue weighted by molar-refractivity contribution is 1.37. The van der Waals surface area contributed by atoms with E-state index in [0.29, 0.717) is 5.84 Å². The zero-order chi connectivity index (χ0) is 7.40. The van der Waals surface area contributed by atoms with Crippen LogP contribution in [0.1, 0.15) is 5.56 Å². The highest BCUT2D eigenvalue weighted by Crippen LogP contribution is 1.97. The number of hydrogen-bond acceptors (Lipinski definition) is 1. The summed E-state index contributed by atoms with van der Waals surface area (Å²) in [5.41, 5.74) is 8.18. The Morgan fingerprint density at radius 3 is 2.40 bits per heavy atom. The highest BCUT2D eigenvalue weighted by atomic mass is 14.8. The molecule has 0 aliphatic carbocycles. The summed E-state index contributed by atoms with van der Waals surface area (Å²) in [4.78, 5) is 3.74. The Labute approximate surface area is 60.4 Å². The average molecular weight is 133 g/mol. The standard InChI is InChI=1S/C8H9N2/c1-10-8(9)7-5-3-2-4-6-7/h2-6,9H,1H3/b10-8-. The average Bonchev–Trinajstić information content (AvgIpc) is 2.05. The fraction of sp³-hybridized carbons (Fsp3) is 0.125. The SMILES string of the molecule is C/N=C(\[NH])c1ccccc1. The molecule has 0 saturated heterocycles. The molecule has 0 aromatic heterocycles. The van der Waals surface area contributed by atoms with E-state index in [0.717, 1.165) is 5.56 Å². The van der Waals surface area contributed by atoms with Gasteiger partial charge in [-0.15, -0.1) is 0 Å². The number of rotatable bonds is 1. The molecule has 0 fully saturated rings. The number of nitrogens with one attached hydrogen (secondary N) is 1. The van der Waals surface area contributed by atoms with Crippen molar-refractivity contribution >= 4 is 5.84 Å². The second-order valence-corrected chi connectivity index (χ2v) is 1.94. The molecule has 1 aromatic rings. The van der Waals surface area contributed by atoms with Crippen molar-refractivity contribution in [2.45, 2.75) is 0 Å². The third kappa shape index (κ3) is 1.35. The minimum atomic E-state index is 0.334. The number of hydrogen-bond donors (Lipinski definition) is 0. The maximum Gasteiger partial charge on any atom is 0.146 e. The van der Waals surface area contributed by atoms with Crippen LogP contribution in [-0.4, -0.2) is 12.9 Å². The molecule has 10 heavy (non-hydrogen) atoms. The molecule has 0 atom stereocenters. The van der Waals surface area contributed by atoms with Crippen LogP contribution in [-0.2, 0) is 0 Å². The summed E-state index contributed by atoms with van der Waals surface area (Å²) < 4.78 is 0. The molecule has 1 aromatic carbocycles. The minimum absolute atomic E-state index is 0.334. The van der Waals surface area contributed by atoms with Crippen molar-refractivity contribution in [3.05, 3.63) is 35.9 Å². The van der Waals surface area contributed by atoms with Gasteiger partial charge < -0.3 is 0 Å². The van der Waals surface area contributed by atoms with E-state index in [4.69, 9.17) is 5.73 Å². The fourth-order valence-electron chi connectivity index (χ4n) is 0.725. The monoisotopic (exact) mass is 133 g/mol. The van der Waals surface area contributed by atoms with E-state index < -0.39 is 0 Å². The Balaban J connectivity index is 2.96. The smallest absolute Gasteiger partial charge is 0.146 e. The number of amidine groups is 1. The van der Waals surface area contributed by atoms with Crippen LogP contribution in [0.2, 0.25) is 0 Å². The first kappa shape index (κ1) is 6.81. The van der Waals surface area contributed by atoms with Crippen LogP contribution in [0.5, 0.6) is 0 Å². The summed E-state index contributed by atoms with van der Waals surface area (Å²) in [6, 6.07) is 9.46. The molecule has 2 heteroatoms. The van der Waals surface area contributed by atoms with Crippen LogP contribution in [0, 0.1) is 0 Å². The van der Waals surface area contributed by atoms with Crippen molar-refractivity contribution in [1.82, 2.24) is 5.73 Å². The van der Waals surface area contributed by atoms with Crippen molar-refractivity contribution in [1.29, 1.82) is 0 Å². The second kappa shape index (κ2) is 3.01. The van der Waals surface area contributed by atoms with Crippen molar-refractivity contribution in [2.75, 3.05) is 7.05 Å². The molecule has 1 N–H and O–H groups in total. The van der Waals surface area contributed by atoms with Gasteiger partial charge in [-0.3, -0.25) is 10.7 Å². The first-order valence-corrected chi connectivity index (χ1v) is 3.08. The first-order valence-electron chi connectivity index (χ1n) is 3.08. The van der Waals surface area contributed by atoms with Crippen LogP contribution < -0.4 is 5.73 Å². The van der Waals surface area contributed by atoms with E-state index in [1.54, 1.807) is 7.05 Å². The Morgan fingerprint density at radius 1 is 1.30 bits per heavy atom. The highest BCUT2D eigenvalue weighted by Gasteiger charge is 1.92. The lowest BCUT2D eigenvalue weighted by Crippen LogP contribution is -1.99. The van der Waals surface area contributed by atoms with Crippen LogP contribution in [0.15, 0.2) is 35.3 Å². The quantitative estimate of drug-likeness (QED) is 0.409. The predicted octanol–water partition coefficient (Wildman–Crippen LogP) is 1.35. The molecule has 0 unspecified atom stereocenters. The van der Waals surface area contributed by atoms with E-state index in [1.807, 2.05) is 30.3 Å². The first-order chi connectivity index (χ1) is 4.84. The minimum Gasteiger partial charge on any atom is -0.283 e. The van der Waals surface area contributed by atoms with Crippen LogP contribution in [0.25, 0.3) is 0 Å². The summed E-state index contributed by atoms with van der Waals surface area (Å²) in [5, 5.41) is 0. The lowest BCUT2D eigenvalue weighted by atomic mass is 10.2. The van der Waals surface area contributed by atoms with Gasteiger partial charge >= 0.3 is 0 Å². The van der Waals surface area contributed by atoms with Crippen LogP contribution in [0.4, 0.5) is 0 Å². The van der Waals surface area contributed by atoms with Gasteiger partial charge in [-0.2, -0.15) is 0 Å². The molecule has 0 saturated carbocycles. The molecule has 0 aliphatic rings. The third-order valence-corrected chi connectivity index (χ3v) is 1.27. The van der Waals surface area contributed by atoms with E-state index >= 15 is 0 Å². The largest absolute Gasteiger partial charge is 0.283 e. The molecule has 1 radical (unpaired) electrons. The summed E-state index contributed by atoms with van der Waals surface area (Å²) in [7, 11) is 1.62. The molecule has 0 aliphatic heterocycles. The molecule has 2 nitrogen and oxygen atoms in total. The van der Waals surface area contributed by atoms with Crippen molar-refractivity contribution in [3.8, 4) is 0 Å². The summed E-state index contributed by atoms with van der Waals surface area (Å²) >= 11 is 0. The Bertz CT molecular complexity index is 226. The number of benzene rings is 1. The summed E-state index contributed by atoms with van der Waals surface area (Å²) in [6.07, 6.45) is 0. The molecule has 0 spiro atoms. The van der Waals surface area contributed by atoms with Crippen molar-refractivity contribution < 1.29 is 0 Å². The number of aliphatic imine (C=N–C) groups is 1. The van der Waals surface area contributed by atoms with Gasteiger partial charge in [-0.1, -0.05) is 30.3 Å². The Hall–Kier alpha value is -1.31.